The summed E-state index contributed by atoms with van der Waals surface area (Å²) in [4.78, 5) is 23.9. The van der Waals surface area contributed by atoms with Crippen LogP contribution in [-0.2, 0) is 11.3 Å². The second kappa shape index (κ2) is 9.04. The fourth-order valence-corrected chi connectivity index (χ4v) is 3.20. The number of rotatable bonds is 6. The van der Waals surface area contributed by atoms with E-state index in [-0.39, 0.29) is 12.1 Å². The Kier molecular flexibility index (Phi) is 5.84. The normalized spacial score (nSPS) is 11.0. The SMILES string of the molecule is Cc1ccccc1-n1cc(/C=N\NC(=O)Cn2ccccc2=O)c(-c2ccccc2)n1. The van der Waals surface area contributed by atoms with E-state index in [1.807, 2.05) is 72.4 Å². The molecule has 0 atom stereocenters. The Morgan fingerprint density at radius 1 is 1.03 bits per heavy atom. The third kappa shape index (κ3) is 4.67. The lowest BCUT2D eigenvalue weighted by atomic mass is 10.1. The van der Waals surface area contributed by atoms with E-state index in [1.165, 1.54) is 10.6 Å². The second-order valence-electron chi connectivity index (χ2n) is 6.99. The molecule has 31 heavy (non-hydrogen) atoms. The summed E-state index contributed by atoms with van der Waals surface area (Å²) in [5, 5.41) is 8.85. The van der Waals surface area contributed by atoms with Crippen molar-refractivity contribution >= 4 is 12.1 Å². The van der Waals surface area contributed by atoms with Gasteiger partial charge < -0.3 is 4.57 Å². The number of aromatic nitrogens is 3. The average molecular weight is 411 g/mol. The van der Waals surface area contributed by atoms with Crippen LogP contribution >= 0.6 is 0 Å². The van der Waals surface area contributed by atoms with Crippen LogP contribution in [0.5, 0.6) is 0 Å². The number of pyridine rings is 1. The molecular weight excluding hydrogens is 390 g/mol. The van der Waals surface area contributed by atoms with Crippen LogP contribution in [0, 0.1) is 6.92 Å². The minimum absolute atomic E-state index is 0.106. The standard InChI is InChI=1S/C24H21N5O2/c1-18-9-5-6-12-21(18)29-16-20(24(27-29)19-10-3-2-4-11-19)15-25-26-22(30)17-28-14-8-7-13-23(28)31/h2-16H,17H2,1H3,(H,26,30)/b25-15-. The highest BCUT2D eigenvalue weighted by molar-refractivity contribution is 5.89. The number of hydrogen-bond acceptors (Lipinski definition) is 4. The highest BCUT2D eigenvalue weighted by Gasteiger charge is 2.12. The van der Waals surface area contributed by atoms with Crippen molar-refractivity contribution in [3.05, 3.63) is 107 Å². The van der Waals surface area contributed by atoms with Crippen molar-refractivity contribution in [1.82, 2.24) is 19.8 Å². The highest BCUT2D eigenvalue weighted by Crippen LogP contribution is 2.23. The number of nitrogens with zero attached hydrogens (tertiary/aromatic N) is 4. The number of aryl methyl sites for hydroxylation is 1. The maximum atomic E-state index is 12.2. The van der Waals surface area contributed by atoms with Crippen molar-refractivity contribution in [1.29, 1.82) is 0 Å². The van der Waals surface area contributed by atoms with Crippen molar-refractivity contribution in [2.45, 2.75) is 13.5 Å². The lowest BCUT2D eigenvalue weighted by molar-refractivity contribution is -0.121. The van der Waals surface area contributed by atoms with Crippen molar-refractivity contribution in [3.8, 4) is 16.9 Å². The molecule has 1 amide bonds. The molecule has 2 heterocycles. The van der Waals surface area contributed by atoms with Gasteiger partial charge in [-0.2, -0.15) is 10.2 Å². The van der Waals surface area contributed by atoms with Gasteiger partial charge in [0.25, 0.3) is 11.5 Å². The molecule has 7 heteroatoms. The van der Waals surface area contributed by atoms with Gasteiger partial charge in [0.05, 0.1) is 11.9 Å². The number of benzene rings is 2. The Morgan fingerprint density at radius 2 is 1.77 bits per heavy atom. The summed E-state index contributed by atoms with van der Waals surface area (Å²) in [6.45, 7) is 1.92. The van der Waals surface area contributed by atoms with E-state index >= 15 is 0 Å². The zero-order chi connectivity index (χ0) is 21.6. The third-order valence-corrected chi connectivity index (χ3v) is 4.76. The lowest BCUT2D eigenvalue weighted by Gasteiger charge is -2.04. The molecule has 0 bridgehead atoms. The lowest BCUT2D eigenvalue weighted by Crippen LogP contribution is -2.28. The fraction of sp³-hybridized carbons (Fsp3) is 0.0833. The summed E-state index contributed by atoms with van der Waals surface area (Å²) in [5.41, 5.74) is 6.74. The Labute approximate surface area is 179 Å². The van der Waals surface area contributed by atoms with Crippen molar-refractivity contribution < 1.29 is 4.79 Å². The predicted octanol–water partition coefficient (Wildman–Crippen LogP) is 3.16. The molecule has 2 aromatic heterocycles. The van der Waals surface area contributed by atoms with Crippen LogP contribution in [0.2, 0.25) is 0 Å². The minimum Gasteiger partial charge on any atom is -0.306 e. The molecule has 0 radical (unpaired) electrons. The molecule has 0 saturated carbocycles. The third-order valence-electron chi connectivity index (χ3n) is 4.76. The van der Waals surface area contributed by atoms with Gasteiger partial charge in [0.1, 0.15) is 12.2 Å². The molecule has 0 fully saturated rings. The van der Waals surface area contributed by atoms with Crippen LogP contribution in [0.3, 0.4) is 0 Å². The summed E-state index contributed by atoms with van der Waals surface area (Å²) in [7, 11) is 0. The predicted molar refractivity (Wildman–Crippen MR) is 120 cm³/mol. The van der Waals surface area contributed by atoms with E-state index < -0.39 is 5.91 Å². The van der Waals surface area contributed by atoms with Crippen LogP contribution in [-0.4, -0.2) is 26.5 Å². The molecule has 4 aromatic rings. The number of carbonyl (C=O) groups excluding carboxylic acids is 1. The number of para-hydroxylation sites is 1. The number of hydrogen-bond donors (Lipinski definition) is 1. The molecule has 7 nitrogen and oxygen atoms in total. The first-order valence-corrected chi connectivity index (χ1v) is 9.80. The topological polar surface area (TPSA) is 81.3 Å². The van der Waals surface area contributed by atoms with Crippen molar-refractivity contribution in [2.75, 3.05) is 0 Å². The van der Waals surface area contributed by atoms with Crippen LogP contribution < -0.4 is 11.0 Å². The molecular formula is C24H21N5O2. The van der Waals surface area contributed by atoms with E-state index in [1.54, 1.807) is 24.5 Å². The maximum Gasteiger partial charge on any atom is 0.260 e. The van der Waals surface area contributed by atoms with Crippen LogP contribution in [0.25, 0.3) is 16.9 Å². The Morgan fingerprint density at radius 3 is 2.55 bits per heavy atom. The summed E-state index contributed by atoms with van der Waals surface area (Å²) in [6, 6.07) is 22.5. The molecule has 1 N–H and O–H groups in total. The van der Waals surface area contributed by atoms with Crippen LogP contribution in [0.15, 0.2) is 95.1 Å². The fourth-order valence-electron chi connectivity index (χ4n) is 3.20. The average Bonchev–Trinajstić information content (AvgIpc) is 3.20. The molecule has 4 rings (SSSR count). The molecule has 0 aliphatic heterocycles. The van der Waals surface area contributed by atoms with Gasteiger partial charge in [-0.1, -0.05) is 54.6 Å². The maximum absolute atomic E-state index is 12.2. The zero-order valence-corrected chi connectivity index (χ0v) is 17.0. The first kappa shape index (κ1) is 20.0. The smallest absolute Gasteiger partial charge is 0.260 e. The van der Waals surface area contributed by atoms with Gasteiger partial charge in [0, 0.05) is 29.6 Å². The monoisotopic (exact) mass is 411 g/mol. The Bertz CT molecular complexity index is 1290. The first-order valence-electron chi connectivity index (χ1n) is 9.80. The molecule has 0 spiro atoms. The van der Waals surface area contributed by atoms with Gasteiger partial charge in [-0.3, -0.25) is 9.59 Å². The van der Waals surface area contributed by atoms with Gasteiger partial charge >= 0.3 is 0 Å². The number of amides is 1. The summed E-state index contributed by atoms with van der Waals surface area (Å²) < 4.78 is 3.13. The van der Waals surface area contributed by atoms with E-state index in [9.17, 15) is 9.59 Å². The Balaban J connectivity index is 1.59. The first-order chi connectivity index (χ1) is 15.1. The van der Waals surface area contributed by atoms with Gasteiger partial charge in [0.15, 0.2) is 0 Å². The summed E-state index contributed by atoms with van der Waals surface area (Å²) >= 11 is 0. The van der Waals surface area contributed by atoms with Gasteiger partial charge in [-0.05, 0) is 24.6 Å². The molecule has 2 aromatic carbocycles. The van der Waals surface area contributed by atoms with Gasteiger partial charge in [-0.25, -0.2) is 10.1 Å². The second-order valence-corrected chi connectivity index (χ2v) is 6.99. The van der Waals surface area contributed by atoms with Crippen LogP contribution in [0.4, 0.5) is 0 Å². The van der Waals surface area contributed by atoms with E-state index in [0.717, 1.165) is 28.1 Å². The molecule has 0 aliphatic carbocycles. The number of hydrazone groups is 1. The highest BCUT2D eigenvalue weighted by atomic mass is 16.2. The van der Waals surface area contributed by atoms with E-state index in [2.05, 4.69) is 10.5 Å². The molecule has 0 unspecified atom stereocenters. The molecule has 0 aliphatic rings. The zero-order valence-electron chi connectivity index (χ0n) is 17.0. The summed E-state index contributed by atoms with van der Waals surface area (Å²) in [6.07, 6.45) is 5.00. The Hall–Kier alpha value is -4.26. The van der Waals surface area contributed by atoms with Crippen molar-refractivity contribution in [3.63, 3.8) is 0 Å². The van der Waals surface area contributed by atoms with Crippen LogP contribution in [0.1, 0.15) is 11.1 Å². The van der Waals surface area contributed by atoms with Gasteiger partial charge in [0.2, 0.25) is 0 Å². The quantitative estimate of drug-likeness (QED) is 0.391. The number of nitrogens with one attached hydrogen (secondary N) is 1. The van der Waals surface area contributed by atoms with E-state index in [0.29, 0.717) is 0 Å². The summed E-state index contributed by atoms with van der Waals surface area (Å²) in [5.74, 6) is -0.392. The minimum atomic E-state index is -0.392. The van der Waals surface area contributed by atoms with Gasteiger partial charge in [-0.15, -0.1) is 0 Å². The van der Waals surface area contributed by atoms with Crippen molar-refractivity contribution in [2.24, 2.45) is 5.10 Å². The number of carbonyl (C=O) groups is 1. The largest absolute Gasteiger partial charge is 0.306 e. The molecule has 0 saturated heterocycles. The molecule has 154 valence electrons. The van der Waals surface area contributed by atoms with E-state index in [4.69, 9.17) is 5.10 Å².